The molecule has 8 heteroatoms. The van der Waals surface area contributed by atoms with Crippen molar-refractivity contribution in [2.24, 2.45) is 5.73 Å². The lowest BCUT2D eigenvalue weighted by molar-refractivity contribution is 0.0995. The molecule has 150 valence electrons. The zero-order valence-corrected chi connectivity index (χ0v) is 16.1. The standard InChI is InChI=1S/C22H19FN6O/c23-15-5-1-4-14(12-15)18-8-3-11-28(18)21-10-9-20-25-13-19(29(20)27-21)16-6-2-7-17(26-16)22(24)30/h1-2,4-7,9-10,12-13,18H,3,8,11H2,(H2,24,30). The van der Waals surface area contributed by atoms with Gasteiger partial charge in [0.05, 0.1) is 17.9 Å². The van der Waals surface area contributed by atoms with E-state index in [1.165, 1.54) is 6.07 Å². The molecule has 0 aliphatic carbocycles. The molecule has 0 saturated carbocycles. The van der Waals surface area contributed by atoms with Crippen LogP contribution in [0, 0.1) is 5.82 Å². The Hall–Kier alpha value is -3.81. The molecule has 2 N–H and O–H groups in total. The van der Waals surface area contributed by atoms with Crippen LogP contribution in [0.4, 0.5) is 10.2 Å². The first-order valence-corrected chi connectivity index (χ1v) is 9.74. The third-order valence-corrected chi connectivity index (χ3v) is 5.39. The number of imidazole rings is 1. The number of amides is 1. The summed E-state index contributed by atoms with van der Waals surface area (Å²) in [5, 5.41) is 4.80. The van der Waals surface area contributed by atoms with Crippen LogP contribution >= 0.6 is 0 Å². The summed E-state index contributed by atoms with van der Waals surface area (Å²) in [5.41, 5.74) is 8.38. The predicted octanol–water partition coefficient (Wildman–Crippen LogP) is 3.37. The molecule has 1 aliphatic heterocycles. The molecule has 0 bridgehead atoms. The maximum atomic E-state index is 13.8. The zero-order chi connectivity index (χ0) is 20.7. The van der Waals surface area contributed by atoms with Crippen LogP contribution in [-0.4, -0.2) is 32.0 Å². The average molecular weight is 402 g/mol. The van der Waals surface area contributed by atoms with E-state index < -0.39 is 5.91 Å². The van der Waals surface area contributed by atoms with Gasteiger partial charge in [0.25, 0.3) is 5.91 Å². The molecular formula is C22H19FN6O. The topological polar surface area (TPSA) is 89.4 Å². The van der Waals surface area contributed by atoms with Crippen molar-refractivity contribution in [1.29, 1.82) is 0 Å². The van der Waals surface area contributed by atoms with E-state index in [-0.39, 0.29) is 17.6 Å². The largest absolute Gasteiger partial charge is 0.364 e. The normalized spacial score (nSPS) is 16.3. The highest BCUT2D eigenvalue weighted by Gasteiger charge is 2.28. The fourth-order valence-corrected chi connectivity index (χ4v) is 4.01. The summed E-state index contributed by atoms with van der Waals surface area (Å²) in [6, 6.07) is 15.7. The van der Waals surface area contributed by atoms with Gasteiger partial charge in [-0.2, -0.15) is 0 Å². The second-order valence-electron chi connectivity index (χ2n) is 7.28. The Kier molecular flexibility index (Phi) is 4.39. The number of pyridine rings is 1. The van der Waals surface area contributed by atoms with Crippen LogP contribution in [0.5, 0.6) is 0 Å². The first kappa shape index (κ1) is 18.2. The number of primary amides is 1. The van der Waals surface area contributed by atoms with E-state index in [2.05, 4.69) is 14.9 Å². The molecule has 1 amide bonds. The Morgan fingerprint density at radius 1 is 1.13 bits per heavy atom. The number of halogens is 1. The number of nitrogens with zero attached hydrogens (tertiary/aromatic N) is 5. The first-order chi connectivity index (χ1) is 14.6. The smallest absolute Gasteiger partial charge is 0.267 e. The lowest BCUT2D eigenvalue weighted by Gasteiger charge is -2.26. The van der Waals surface area contributed by atoms with Crippen LogP contribution in [0.15, 0.2) is 60.8 Å². The molecule has 4 heterocycles. The molecule has 4 aromatic rings. The van der Waals surface area contributed by atoms with Crippen LogP contribution < -0.4 is 10.6 Å². The van der Waals surface area contributed by atoms with Crippen LogP contribution in [0.25, 0.3) is 17.0 Å². The van der Waals surface area contributed by atoms with Crippen molar-refractivity contribution < 1.29 is 9.18 Å². The number of fused-ring (bicyclic) bond motifs is 1. The fraction of sp³-hybridized carbons (Fsp3) is 0.182. The molecule has 0 spiro atoms. The zero-order valence-electron chi connectivity index (χ0n) is 16.1. The predicted molar refractivity (Wildman–Crippen MR) is 110 cm³/mol. The van der Waals surface area contributed by atoms with Gasteiger partial charge in [-0.3, -0.25) is 4.79 Å². The summed E-state index contributed by atoms with van der Waals surface area (Å²) in [5.74, 6) is -0.0473. The van der Waals surface area contributed by atoms with Crippen molar-refractivity contribution in [2.45, 2.75) is 18.9 Å². The minimum Gasteiger partial charge on any atom is -0.364 e. The maximum Gasteiger partial charge on any atom is 0.267 e. The van der Waals surface area contributed by atoms with Gasteiger partial charge in [-0.1, -0.05) is 18.2 Å². The summed E-state index contributed by atoms with van der Waals surface area (Å²) in [6.45, 7) is 0.832. The fourth-order valence-electron chi connectivity index (χ4n) is 4.01. The molecule has 0 radical (unpaired) electrons. The molecule has 5 rings (SSSR count). The van der Waals surface area contributed by atoms with E-state index >= 15 is 0 Å². The Balaban J connectivity index is 1.56. The number of anilines is 1. The number of nitrogens with two attached hydrogens (primary N) is 1. The second-order valence-corrected chi connectivity index (χ2v) is 7.28. The van der Waals surface area contributed by atoms with Gasteiger partial charge in [0.1, 0.15) is 23.0 Å². The van der Waals surface area contributed by atoms with E-state index in [0.717, 1.165) is 30.8 Å². The van der Waals surface area contributed by atoms with Gasteiger partial charge in [-0.05, 0) is 54.8 Å². The van der Waals surface area contributed by atoms with Crippen molar-refractivity contribution >= 4 is 17.4 Å². The molecule has 1 aliphatic rings. The number of hydrogen-bond acceptors (Lipinski definition) is 5. The first-order valence-electron chi connectivity index (χ1n) is 9.74. The quantitative estimate of drug-likeness (QED) is 0.565. The van der Waals surface area contributed by atoms with Crippen LogP contribution in [-0.2, 0) is 0 Å². The summed E-state index contributed by atoms with van der Waals surface area (Å²) in [7, 11) is 0. The number of carbonyl (C=O) groups is 1. The van der Waals surface area contributed by atoms with Gasteiger partial charge in [0.15, 0.2) is 5.65 Å². The van der Waals surface area contributed by atoms with E-state index in [0.29, 0.717) is 17.0 Å². The lowest BCUT2D eigenvalue weighted by Crippen LogP contribution is -2.24. The van der Waals surface area contributed by atoms with E-state index in [1.807, 2.05) is 18.2 Å². The molecular weight excluding hydrogens is 383 g/mol. The molecule has 1 fully saturated rings. The van der Waals surface area contributed by atoms with Gasteiger partial charge in [0.2, 0.25) is 0 Å². The highest BCUT2D eigenvalue weighted by molar-refractivity contribution is 5.91. The summed E-state index contributed by atoms with van der Waals surface area (Å²) in [6.07, 6.45) is 3.61. The monoisotopic (exact) mass is 402 g/mol. The lowest BCUT2D eigenvalue weighted by atomic mass is 10.0. The van der Waals surface area contributed by atoms with Gasteiger partial charge in [-0.25, -0.2) is 18.9 Å². The highest BCUT2D eigenvalue weighted by Crippen LogP contribution is 2.35. The third-order valence-electron chi connectivity index (χ3n) is 5.39. The average Bonchev–Trinajstić information content (AvgIpc) is 3.40. The van der Waals surface area contributed by atoms with Gasteiger partial charge in [0, 0.05) is 6.54 Å². The number of rotatable bonds is 4. The Bertz CT molecular complexity index is 1250. The van der Waals surface area contributed by atoms with Gasteiger partial charge in [-0.15, -0.1) is 5.10 Å². The SMILES string of the molecule is NC(=O)c1cccc(-c2cnc3ccc(N4CCCC4c4cccc(F)c4)nn23)n1. The van der Waals surface area contributed by atoms with Crippen molar-refractivity contribution in [3.8, 4) is 11.4 Å². The van der Waals surface area contributed by atoms with Crippen molar-refractivity contribution in [3.05, 3.63) is 77.9 Å². The minimum atomic E-state index is -0.589. The Morgan fingerprint density at radius 3 is 2.83 bits per heavy atom. The number of carbonyl (C=O) groups excluding carboxylic acids is 1. The maximum absolute atomic E-state index is 13.8. The molecule has 1 atom stereocenters. The van der Waals surface area contributed by atoms with Crippen LogP contribution in [0.3, 0.4) is 0 Å². The summed E-state index contributed by atoms with van der Waals surface area (Å²) in [4.78, 5) is 22.4. The van der Waals surface area contributed by atoms with Gasteiger partial charge >= 0.3 is 0 Å². The van der Waals surface area contributed by atoms with E-state index in [9.17, 15) is 9.18 Å². The molecule has 1 aromatic carbocycles. The molecule has 1 saturated heterocycles. The van der Waals surface area contributed by atoms with Crippen molar-refractivity contribution in [3.63, 3.8) is 0 Å². The molecule has 7 nitrogen and oxygen atoms in total. The Morgan fingerprint density at radius 2 is 2.00 bits per heavy atom. The summed E-state index contributed by atoms with van der Waals surface area (Å²) < 4.78 is 15.5. The molecule has 30 heavy (non-hydrogen) atoms. The van der Waals surface area contributed by atoms with E-state index in [4.69, 9.17) is 10.8 Å². The third kappa shape index (κ3) is 3.16. The van der Waals surface area contributed by atoms with Crippen LogP contribution in [0.1, 0.15) is 34.9 Å². The van der Waals surface area contributed by atoms with E-state index in [1.54, 1.807) is 41.0 Å². The van der Waals surface area contributed by atoms with Crippen LogP contribution in [0.2, 0.25) is 0 Å². The minimum absolute atomic E-state index is 0.0638. The van der Waals surface area contributed by atoms with Crippen molar-refractivity contribution in [2.75, 3.05) is 11.4 Å². The van der Waals surface area contributed by atoms with Gasteiger partial charge < -0.3 is 10.6 Å². The second kappa shape index (κ2) is 7.22. The molecule has 1 unspecified atom stereocenters. The highest BCUT2D eigenvalue weighted by atomic mass is 19.1. The number of benzene rings is 1. The summed E-state index contributed by atoms with van der Waals surface area (Å²) >= 11 is 0. The molecule has 3 aromatic heterocycles. The number of hydrogen-bond donors (Lipinski definition) is 1. The Labute approximate surface area is 172 Å². The number of aromatic nitrogens is 4. The van der Waals surface area contributed by atoms with Crippen molar-refractivity contribution in [1.82, 2.24) is 19.6 Å².